The highest BCUT2D eigenvalue weighted by Gasteiger charge is 2.28. The maximum Gasteiger partial charge on any atom is 0.184 e. The molecule has 0 aliphatic carbocycles. The highest BCUT2D eigenvalue weighted by Crippen LogP contribution is 2.31. The minimum Gasteiger partial charge on any atom is -0.399 e. The number of benzene rings is 1. The van der Waals surface area contributed by atoms with Gasteiger partial charge in [0.2, 0.25) is 0 Å². The van der Waals surface area contributed by atoms with Crippen molar-refractivity contribution in [2.45, 2.75) is 25.3 Å². The van der Waals surface area contributed by atoms with E-state index >= 15 is 0 Å². The summed E-state index contributed by atoms with van der Waals surface area (Å²) in [5.74, 6) is 0. The molecule has 96 valence electrons. The number of hydrogen-bond donors (Lipinski definition) is 2. The van der Waals surface area contributed by atoms with Gasteiger partial charge in [0.1, 0.15) is 0 Å². The van der Waals surface area contributed by atoms with Crippen LogP contribution >= 0.6 is 11.3 Å². The third kappa shape index (κ3) is 2.28. The van der Waals surface area contributed by atoms with Crippen LogP contribution in [0.25, 0.3) is 10.2 Å². The number of rotatable bonds is 2. The number of fused-ring (bicyclic) bond motifs is 1. The van der Waals surface area contributed by atoms with Gasteiger partial charge in [-0.25, -0.2) is 4.98 Å². The number of nitrogens with one attached hydrogen (secondary N) is 1. The van der Waals surface area contributed by atoms with E-state index in [-0.39, 0.29) is 5.54 Å². The summed E-state index contributed by atoms with van der Waals surface area (Å²) in [6, 6.07) is 5.82. The normalized spacial score (nSPS) is 24.3. The first-order valence-corrected chi connectivity index (χ1v) is 6.98. The average molecular weight is 263 g/mol. The molecule has 4 nitrogen and oxygen atoms in total. The molecule has 1 aliphatic rings. The lowest BCUT2D eigenvalue weighted by molar-refractivity contribution is 0.0540. The van der Waals surface area contributed by atoms with Gasteiger partial charge < -0.3 is 15.8 Å². The standard InChI is InChI=1S/C13H17N3OS/c1-13(5-2-6-17-8-13)16-12-15-10-4-3-9(14)7-11(10)18-12/h3-4,7H,2,5-6,8,14H2,1H3,(H,15,16). The lowest BCUT2D eigenvalue weighted by Gasteiger charge is -2.34. The molecule has 0 radical (unpaired) electrons. The molecule has 1 aliphatic heterocycles. The number of ether oxygens (including phenoxy) is 1. The van der Waals surface area contributed by atoms with Crippen molar-refractivity contribution in [3.05, 3.63) is 18.2 Å². The first-order valence-electron chi connectivity index (χ1n) is 6.17. The number of thiazole rings is 1. The smallest absolute Gasteiger partial charge is 0.184 e. The molecule has 1 atom stereocenters. The number of anilines is 2. The van der Waals surface area contributed by atoms with E-state index in [0.29, 0.717) is 0 Å². The summed E-state index contributed by atoms with van der Waals surface area (Å²) in [5, 5.41) is 4.46. The molecule has 3 rings (SSSR count). The van der Waals surface area contributed by atoms with E-state index in [4.69, 9.17) is 10.5 Å². The fourth-order valence-corrected chi connectivity index (χ4v) is 3.35. The minimum absolute atomic E-state index is 0.00231. The second-order valence-corrected chi connectivity index (χ2v) is 6.12. The second-order valence-electron chi connectivity index (χ2n) is 5.09. The Labute approximate surface area is 110 Å². The first-order chi connectivity index (χ1) is 8.65. The largest absolute Gasteiger partial charge is 0.399 e. The Hall–Kier alpha value is -1.33. The zero-order chi connectivity index (χ0) is 12.6. The van der Waals surface area contributed by atoms with Gasteiger partial charge in [-0.15, -0.1) is 0 Å². The summed E-state index contributed by atoms with van der Waals surface area (Å²) in [6.45, 7) is 3.80. The molecule has 18 heavy (non-hydrogen) atoms. The highest BCUT2D eigenvalue weighted by atomic mass is 32.1. The zero-order valence-corrected chi connectivity index (χ0v) is 11.2. The van der Waals surface area contributed by atoms with Crippen molar-refractivity contribution in [1.29, 1.82) is 0 Å². The lowest BCUT2D eigenvalue weighted by atomic mass is 9.95. The van der Waals surface area contributed by atoms with Crippen molar-refractivity contribution in [1.82, 2.24) is 4.98 Å². The molecule has 0 saturated carbocycles. The first kappa shape index (κ1) is 11.7. The molecule has 0 amide bonds. The Morgan fingerprint density at radius 3 is 3.17 bits per heavy atom. The molecule has 2 heterocycles. The molecule has 1 fully saturated rings. The highest BCUT2D eigenvalue weighted by molar-refractivity contribution is 7.22. The molecule has 5 heteroatoms. The summed E-state index contributed by atoms with van der Waals surface area (Å²) in [5.41, 5.74) is 7.56. The molecule has 0 bridgehead atoms. The van der Waals surface area contributed by atoms with Gasteiger partial charge in [0.05, 0.1) is 22.4 Å². The summed E-state index contributed by atoms with van der Waals surface area (Å²) in [7, 11) is 0. The van der Waals surface area contributed by atoms with Crippen LogP contribution in [-0.4, -0.2) is 23.7 Å². The number of nitrogens with zero attached hydrogens (tertiary/aromatic N) is 1. The Morgan fingerprint density at radius 1 is 1.50 bits per heavy atom. The fraction of sp³-hybridized carbons (Fsp3) is 0.462. The van der Waals surface area contributed by atoms with E-state index in [1.807, 2.05) is 18.2 Å². The van der Waals surface area contributed by atoms with Crippen LogP contribution in [-0.2, 0) is 4.74 Å². The Balaban J connectivity index is 1.86. The average Bonchev–Trinajstić information content (AvgIpc) is 2.70. The van der Waals surface area contributed by atoms with Gasteiger partial charge in [0.15, 0.2) is 5.13 Å². The van der Waals surface area contributed by atoms with Crippen LogP contribution < -0.4 is 11.1 Å². The van der Waals surface area contributed by atoms with Crippen LogP contribution in [0, 0.1) is 0 Å². The van der Waals surface area contributed by atoms with Gasteiger partial charge in [0.25, 0.3) is 0 Å². The van der Waals surface area contributed by atoms with Crippen LogP contribution in [0.5, 0.6) is 0 Å². The molecule has 3 N–H and O–H groups in total. The van der Waals surface area contributed by atoms with E-state index in [1.165, 1.54) is 0 Å². The Bertz CT molecular complexity index is 560. The van der Waals surface area contributed by atoms with Crippen LogP contribution in [0.15, 0.2) is 18.2 Å². The van der Waals surface area contributed by atoms with Crippen LogP contribution in [0.3, 0.4) is 0 Å². The monoisotopic (exact) mass is 263 g/mol. The second kappa shape index (κ2) is 4.40. The maximum atomic E-state index is 5.78. The van der Waals surface area contributed by atoms with Crippen molar-refractivity contribution in [3.8, 4) is 0 Å². The fourth-order valence-electron chi connectivity index (χ4n) is 2.29. The van der Waals surface area contributed by atoms with Crippen LogP contribution in [0.4, 0.5) is 10.8 Å². The van der Waals surface area contributed by atoms with E-state index in [2.05, 4.69) is 17.2 Å². The van der Waals surface area contributed by atoms with Crippen molar-refractivity contribution in [2.75, 3.05) is 24.3 Å². The summed E-state index contributed by atoms with van der Waals surface area (Å²) in [6.07, 6.45) is 2.21. The molecule has 1 saturated heterocycles. The van der Waals surface area contributed by atoms with Gasteiger partial charge in [-0.05, 0) is 38.0 Å². The van der Waals surface area contributed by atoms with Crippen molar-refractivity contribution < 1.29 is 4.74 Å². The third-order valence-electron chi connectivity index (χ3n) is 3.26. The predicted molar refractivity (Wildman–Crippen MR) is 76.1 cm³/mol. The molecular formula is C13H17N3OS. The number of aromatic nitrogens is 1. The third-order valence-corrected chi connectivity index (χ3v) is 4.19. The zero-order valence-electron chi connectivity index (χ0n) is 10.4. The van der Waals surface area contributed by atoms with Gasteiger partial charge in [-0.1, -0.05) is 11.3 Å². The van der Waals surface area contributed by atoms with E-state index in [0.717, 1.165) is 47.1 Å². The molecular weight excluding hydrogens is 246 g/mol. The lowest BCUT2D eigenvalue weighted by Crippen LogP contribution is -2.42. The Kier molecular flexibility index (Phi) is 2.87. The van der Waals surface area contributed by atoms with Crippen molar-refractivity contribution in [2.24, 2.45) is 0 Å². The van der Waals surface area contributed by atoms with Gasteiger partial charge in [-0.2, -0.15) is 0 Å². The van der Waals surface area contributed by atoms with Crippen molar-refractivity contribution in [3.63, 3.8) is 0 Å². The minimum atomic E-state index is -0.00231. The van der Waals surface area contributed by atoms with Gasteiger partial charge >= 0.3 is 0 Å². The van der Waals surface area contributed by atoms with Crippen LogP contribution in [0.1, 0.15) is 19.8 Å². The van der Waals surface area contributed by atoms with Crippen LogP contribution in [0.2, 0.25) is 0 Å². The predicted octanol–water partition coefficient (Wildman–Crippen LogP) is 2.86. The molecule has 2 aromatic rings. The summed E-state index contributed by atoms with van der Waals surface area (Å²) < 4.78 is 6.67. The summed E-state index contributed by atoms with van der Waals surface area (Å²) >= 11 is 1.65. The quantitative estimate of drug-likeness (QED) is 0.818. The number of nitrogens with two attached hydrogens (primary N) is 1. The van der Waals surface area contributed by atoms with E-state index in [9.17, 15) is 0 Å². The van der Waals surface area contributed by atoms with E-state index < -0.39 is 0 Å². The molecule has 0 spiro atoms. The molecule has 1 unspecified atom stereocenters. The maximum absolute atomic E-state index is 5.78. The summed E-state index contributed by atoms with van der Waals surface area (Å²) in [4.78, 5) is 4.59. The number of hydrogen-bond acceptors (Lipinski definition) is 5. The van der Waals surface area contributed by atoms with Gasteiger partial charge in [-0.3, -0.25) is 0 Å². The van der Waals surface area contributed by atoms with Crippen molar-refractivity contribution >= 4 is 32.4 Å². The topological polar surface area (TPSA) is 60.2 Å². The number of nitrogen functional groups attached to an aromatic ring is 1. The van der Waals surface area contributed by atoms with Gasteiger partial charge in [0, 0.05) is 12.3 Å². The SMILES string of the molecule is CC1(Nc2nc3ccc(N)cc3s2)CCCOC1. The molecule has 1 aromatic carbocycles. The molecule has 1 aromatic heterocycles. The van der Waals surface area contributed by atoms with E-state index in [1.54, 1.807) is 11.3 Å². The Morgan fingerprint density at radius 2 is 2.39 bits per heavy atom.